The fourth-order valence-corrected chi connectivity index (χ4v) is 2.43. The highest BCUT2D eigenvalue weighted by atomic mass is 35.5. The molecule has 0 unspecified atom stereocenters. The van der Waals surface area contributed by atoms with Gasteiger partial charge in [0.2, 0.25) is 0 Å². The first kappa shape index (κ1) is 13.5. The largest absolute Gasteiger partial charge is 0.323 e. The topological polar surface area (TPSA) is 77.8 Å². The number of halogens is 1. The first-order valence-electron chi connectivity index (χ1n) is 6.33. The number of hydrogen-bond acceptors (Lipinski definition) is 2. The average Bonchev–Trinajstić information content (AvgIpc) is 2.81. The molecule has 0 fully saturated rings. The molecule has 0 saturated heterocycles. The summed E-state index contributed by atoms with van der Waals surface area (Å²) in [6.07, 6.45) is 0. The Morgan fingerprint density at radius 1 is 1.19 bits per heavy atom. The van der Waals surface area contributed by atoms with Gasteiger partial charge in [-0.25, -0.2) is 4.79 Å². The summed E-state index contributed by atoms with van der Waals surface area (Å²) >= 11 is 5.89. The molecule has 6 heteroatoms. The summed E-state index contributed by atoms with van der Waals surface area (Å²) in [6, 6.07) is 10.3. The van der Waals surface area contributed by atoms with Gasteiger partial charge in [-0.15, -0.1) is 0 Å². The van der Waals surface area contributed by atoms with Gasteiger partial charge in [-0.2, -0.15) is 0 Å². The van der Waals surface area contributed by atoms with Crippen molar-refractivity contribution in [2.75, 3.05) is 5.32 Å². The van der Waals surface area contributed by atoms with Gasteiger partial charge in [-0.05, 0) is 42.8 Å². The Labute approximate surface area is 125 Å². The molecule has 1 heterocycles. The van der Waals surface area contributed by atoms with Gasteiger partial charge in [0.05, 0.1) is 16.6 Å². The van der Waals surface area contributed by atoms with Crippen molar-refractivity contribution in [3.63, 3.8) is 0 Å². The Hall–Kier alpha value is -2.53. The number of nitrogens with one attached hydrogen (secondary N) is 3. The molecule has 0 radical (unpaired) electrons. The van der Waals surface area contributed by atoms with Crippen molar-refractivity contribution in [1.29, 1.82) is 0 Å². The number of hydrogen-bond donors (Lipinski definition) is 3. The quantitative estimate of drug-likeness (QED) is 0.680. The molecule has 21 heavy (non-hydrogen) atoms. The van der Waals surface area contributed by atoms with E-state index in [2.05, 4.69) is 15.3 Å². The molecule has 0 spiro atoms. The van der Waals surface area contributed by atoms with E-state index in [9.17, 15) is 9.59 Å². The molecular formula is C15H12ClN3O2. The number of imidazole rings is 1. The van der Waals surface area contributed by atoms with Crippen LogP contribution in [0.3, 0.4) is 0 Å². The maximum atomic E-state index is 12.4. The number of fused-ring (bicyclic) bond motifs is 1. The average molecular weight is 302 g/mol. The van der Waals surface area contributed by atoms with Crippen molar-refractivity contribution in [2.24, 2.45) is 0 Å². The zero-order valence-electron chi connectivity index (χ0n) is 11.2. The Balaban J connectivity index is 1.99. The predicted octanol–water partition coefficient (Wildman–Crippen LogP) is 3.07. The lowest BCUT2D eigenvalue weighted by Crippen LogP contribution is -2.13. The van der Waals surface area contributed by atoms with Gasteiger partial charge < -0.3 is 15.3 Å². The third-order valence-corrected chi connectivity index (χ3v) is 3.47. The number of anilines is 1. The molecule has 1 aromatic heterocycles. The third kappa shape index (κ3) is 2.55. The summed E-state index contributed by atoms with van der Waals surface area (Å²) < 4.78 is 0. The Bertz CT molecular complexity index is 895. The number of carbonyl (C=O) groups is 1. The van der Waals surface area contributed by atoms with Crippen molar-refractivity contribution in [3.8, 4) is 0 Å². The van der Waals surface area contributed by atoms with Crippen molar-refractivity contribution >= 4 is 34.2 Å². The van der Waals surface area contributed by atoms with Crippen LogP contribution in [-0.4, -0.2) is 15.9 Å². The van der Waals surface area contributed by atoms with Crippen LogP contribution >= 0.6 is 11.6 Å². The second-order valence-corrected chi connectivity index (χ2v) is 5.16. The van der Waals surface area contributed by atoms with E-state index < -0.39 is 0 Å². The van der Waals surface area contributed by atoms with E-state index in [1.807, 2.05) is 6.92 Å². The molecule has 0 atom stereocenters. The van der Waals surface area contributed by atoms with E-state index in [0.29, 0.717) is 27.3 Å². The summed E-state index contributed by atoms with van der Waals surface area (Å²) in [5, 5.41) is 3.44. The van der Waals surface area contributed by atoms with Crippen molar-refractivity contribution in [3.05, 3.63) is 63.0 Å². The van der Waals surface area contributed by atoms with Gasteiger partial charge in [-0.1, -0.05) is 17.7 Å². The first-order valence-corrected chi connectivity index (χ1v) is 6.71. The van der Waals surface area contributed by atoms with Gasteiger partial charge in [-0.3, -0.25) is 4.79 Å². The Morgan fingerprint density at radius 3 is 2.76 bits per heavy atom. The molecule has 106 valence electrons. The van der Waals surface area contributed by atoms with Gasteiger partial charge in [0.25, 0.3) is 5.91 Å². The SMILES string of the molecule is Cc1cc(Cl)ccc1NC(=O)c1cccc2[nH]c(=O)[nH]c12. The summed E-state index contributed by atoms with van der Waals surface area (Å²) in [5.41, 5.74) is 2.70. The number of H-pyrrole nitrogens is 2. The van der Waals surface area contributed by atoms with Gasteiger partial charge in [0, 0.05) is 10.7 Å². The molecule has 2 aromatic carbocycles. The fraction of sp³-hybridized carbons (Fsp3) is 0.0667. The highest BCUT2D eigenvalue weighted by Crippen LogP contribution is 2.21. The molecule has 0 aliphatic carbocycles. The highest BCUT2D eigenvalue weighted by molar-refractivity contribution is 6.30. The van der Waals surface area contributed by atoms with Crippen molar-refractivity contribution in [2.45, 2.75) is 6.92 Å². The van der Waals surface area contributed by atoms with Crippen molar-refractivity contribution < 1.29 is 4.79 Å². The molecule has 3 rings (SSSR count). The van der Waals surface area contributed by atoms with Crippen LogP contribution in [0, 0.1) is 6.92 Å². The second-order valence-electron chi connectivity index (χ2n) is 4.72. The van der Waals surface area contributed by atoms with E-state index in [-0.39, 0.29) is 11.6 Å². The maximum Gasteiger partial charge on any atom is 0.323 e. The first-order chi connectivity index (χ1) is 10.0. The van der Waals surface area contributed by atoms with E-state index >= 15 is 0 Å². The molecule has 0 aliphatic heterocycles. The van der Waals surface area contributed by atoms with Crippen LogP contribution in [0.4, 0.5) is 5.69 Å². The van der Waals surface area contributed by atoms with Crippen LogP contribution in [0.25, 0.3) is 11.0 Å². The minimum absolute atomic E-state index is 0.290. The number of aromatic amines is 2. The lowest BCUT2D eigenvalue weighted by atomic mass is 10.1. The highest BCUT2D eigenvalue weighted by Gasteiger charge is 2.13. The van der Waals surface area contributed by atoms with Crippen LogP contribution in [-0.2, 0) is 0 Å². The van der Waals surface area contributed by atoms with Crippen LogP contribution in [0.1, 0.15) is 15.9 Å². The zero-order chi connectivity index (χ0) is 15.0. The zero-order valence-corrected chi connectivity index (χ0v) is 11.9. The number of amides is 1. The number of carbonyl (C=O) groups excluding carboxylic acids is 1. The molecule has 0 bridgehead atoms. The number of para-hydroxylation sites is 1. The maximum absolute atomic E-state index is 12.4. The molecule has 5 nitrogen and oxygen atoms in total. The van der Waals surface area contributed by atoms with Crippen molar-refractivity contribution in [1.82, 2.24) is 9.97 Å². The molecular weight excluding hydrogens is 290 g/mol. The Kier molecular flexibility index (Phi) is 3.27. The minimum Gasteiger partial charge on any atom is -0.322 e. The minimum atomic E-state index is -0.340. The smallest absolute Gasteiger partial charge is 0.322 e. The predicted molar refractivity (Wildman–Crippen MR) is 83.1 cm³/mol. The van der Waals surface area contributed by atoms with E-state index in [1.54, 1.807) is 36.4 Å². The van der Waals surface area contributed by atoms with E-state index in [0.717, 1.165) is 5.56 Å². The molecule has 3 N–H and O–H groups in total. The Morgan fingerprint density at radius 2 is 2.00 bits per heavy atom. The lowest BCUT2D eigenvalue weighted by molar-refractivity contribution is 0.102. The summed E-state index contributed by atoms with van der Waals surface area (Å²) in [5.74, 6) is -0.290. The van der Waals surface area contributed by atoms with Crippen LogP contribution in [0.15, 0.2) is 41.2 Å². The fourth-order valence-electron chi connectivity index (χ4n) is 2.20. The second kappa shape index (κ2) is 5.10. The molecule has 0 saturated carbocycles. The lowest BCUT2D eigenvalue weighted by Gasteiger charge is -2.09. The van der Waals surface area contributed by atoms with Crippen LogP contribution < -0.4 is 11.0 Å². The summed E-state index contributed by atoms with van der Waals surface area (Å²) in [6.45, 7) is 1.86. The number of rotatable bonds is 2. The number of benzene rings is 2. The number of aromatic nitrogens is 2. The van der Waals surface area contributed by atoms with Gasteiger partial charge in [0.1, 0.15) is 0 Å². The molecule has 3 aromatic rings. The van der Waals surface area contributed by atoms with Crippen LogP contribution in [0.5, 0.6) is 0 Å². The van der Waals surface area contributed by atoms with Gasteiger partial charge >= 0.3 is 5.69 Å². The van der Waals surface area contributed by atoms with E-state index in [1.165, 1.54) is 0 Å². The third-order valence-electron chi connectivity index (χ3n) is 3.23. The standard InChI is InChI=1S/C15H12ClN3O2/c1-8-7-9(16)5-6-11(8)17-14(20)10-3-2-4-12-13(10)19-15(21)18-12/h2-7H,1H3,(H,17,20)(H2,18,19,21). The van der Waals surface area contributed by atoms with E-state index in [4.69, 9.17) is 11.6 Å². The molecule has 1 amide bonds. The molecule has 0 aliphatic rings. The van der Waals surface area contributed by atoms with Gasteiger partial charge in [0.15, 0.2) is 0 Å². The monoisotopic (exact) mass is 301 g/mol. The van der Waals surface area contributed by atoms with Crippen LogP contribution in [0.2, 0.25) is 5.02 Å². The normalized spacial score (nSPS) is 10.8. The summed E-state index contributed by atoms with van der Waals surface area (Å²) in [4.78, 5) is 29.0. The number of aryl methyl sites for hydroxylation is 1. The summed E-state index contributed by atoms with van der Waals surface area (Å²) in [7, 11) is 0.